The second kappa shape index (κ2) is 9.02. The Morgan fingerprint density at radius 1 is 1.13 bits per heavy atom. The number of hydrogen-bond donors (Lipinski definition) is 2. The van der Waals surface area contributed by atoms with Crippen molar-refractivity contribution in [2.24, 2.45) is 11.8 Å². The SMILES string of the molecule is CC(C)COc1cccc(OCC(=O)NC(C)C(C)C(=O)O)c1. The number of carbonyl (C=O) groups is 2. The molecule has 6 nitrogen and oxygen atoms in total. The molecular formula is C17H25NO5. The Morgan fingerprint density at radius 3 is 2.30 bits per heavy atom. The topological polar surface area (TPSA) is 84.9 Å². The third-order valence-electron chi connectivity index (χ3n) is 3.29. The summed E-state index contributed by atoms with van der Waals surface area (Å²) >= 11 is 0. The molecule has 1 amide bonds. The quantitative estimate of drug-likeness (QED) is 0.728. The summed E-state index contributed by atoms with van der Waals surface area (Å²) in [5.41, 5.74) is 0. The molecular weight excluding hydrogens is 298 g/mol. The molecule has 0 radical (unpaired) electrons. The number of rotatable bonds is 9. The fourth-order valence-electron chi connectivity index (χ4n) is 1.70. The first kappa shape index (κ1) is 18.8. The van der Waals surface area contributed by atoms with E-state index in [2.05, 4.69) is 19.2 Å². The Labute approximate surface area is 136 Å². The van der Waals surface area contributed by atoms with Crippen molar-refractivity contribution >= 4 is 11.9 Å². The third-order valence-corrected chi connectivity index (χ3v) is 3.29. The van der Waals surface area contributed by atoms with E-state index < -0.39 is 17.9 Å². The standard InChI is InChI=1S/C17H25NO5/c1-11(2)9-22-14-6-5-7-15(8-14)23-10-16(19)18-13(4)12(3)17(20)21/h5-8,11-13H,9-10H2,1-4H3,(H,18,19)(H,20,21). The summed E-state index contributed by atoms with van der Waals surface area (Å²) in [4.78, 5) is 22.6. The highest BCUT2D eigenvalue weighted by atomic mass is 16.5. The van der Waals surface area contributed by atoms with Crippen molar-refractivity contribution in [3.8, 4) is 11.5 Å². The van der Waals surface area contributed by atoms with Gasteiger partial charge in [0.05, 0.1) is 12.5 Å². The predicted octanol–water partition coefficient (Wildman–Crippen LogP) is 2.33. The van der Waals surface area contributed by atoms with Gasteiger partial charge in [0, 0.05) is 12.1 Å². The molecule has 0 bridgehead atoms. The van der Waals surface area contributed by atoms with E-state index in [1.807, 2.05) is 6.07 Å². The summed E-state index contributed by atoms with van der Waals surface area (Å²) in [6.45, 7) is 7.74. The smallest absolute Gasteiger partial charge is 0.308 e. The molecule has 2 unspecified atom stereocenters. The van der Waals surface area contributed by atoms with Crippen molar-refractivity contribution in [1.82, 2.24) is 5.32 Å². The number of carboxylic acid groups (broad SMARTS) is 1. The Bertz CT molecular complexity index is 529. The number of benzene rings is 1. The first-order valence-electron chi connectivity index (χ1n) is 7.67. The van der Waals surface area contributed by atoms with Crippen LogP contribution < -0.4 is 14.8 Å². The van der Waals surface area contributed by atoms with Gasteiger partial charge in [0.15, 0.2) is 6.61 Å². The van der Waals surface area contributed by atoms with Crippen LogP contribution in [-0.4, -0.2) is 36.2 Å². The molecule has 128 valence electrons. The van der Waals surface area contributed by atoms with Crippen LogP contribution in [-0.2, 0) is 9.59 Å². The van der Waals surface area contributed by atoms with E-state index in [0.717, 1.165) is 0 Å². The van der Waals surface area contributed by atoms with Crippen LogP contribution in [0.1, 0.15) is 27.7 Å². The lowest BCUT2D eigenvalue weighted by Crippen LogP contribution is -2.42. The normalized spacial score (nSPS) is 13.3. The van der Waals surface area contributed by atoms with Crippen LogP contribution in [0.15, 0.2) is 24.3 Å². The van der Waals surface area contributed by atoms with Crippen molar-refractivity contribution in [2.75, 3.05) is 13.2 Å². The largest absolute Gasteiger partial charge is 0.493 e. The highest BCUT2D eigenvalue weighted by molar-refractivity contribution is 5.79. The van der Waals surface area contributed by atoms with Crippen LogP contribution in [0.5, 0.6) is 11.5 Å². The summed E-state index contributed by atoms with van der Waals surface area (Å²) in [5.74, 6) is -0.340. The number of hydrogen-bond acceptors (Lipinski definition) is 4. The first-order chi connectivity index (χ1) is 10.8. The van der Waals surface area contributed by atoms with Crippen molar-refractivity contribution in [1.29, 1.82) is 0 Å². The summed E-state index contributed by atoms with van der Waals surface area (Å²) in [5, 5.41) is 11.5. The molecule has 2 atom stereocenters. The minimum absolute atomic E-state index is 0.176. The zero-order valence-electron chi connectivity index (χ0n) is 14.0. The van der Waals surface area contributed by atoms with E-state index in [-0.39, 0.29) is 12.5 Å². The maximum atomic E-state index is 11.8. The van der Waals surface area contributed by atoms with Gasteiger partial charge in [-0.05, 0) is 31.9 Å². The number of amides is 1. The minimum Gasteiger partial charge on any atom is -0.493 e. The predicted molar refractivity (Wildman–Crippen MR) is 86.7 cm³/mol. The number of aliphatic carboxylic acids is 1. The maximum Gasteiger partial charge on any atom is 0.308 e. The van der Waals surface area contributed by atoms with Crippen molar-refractivity contribution in [3.05, 3.63) is 24.3 Å². The van der Waals surface area contributed by atoms with Gasteiger partial charge >= 0.3 is 5.97 Å². The van der Waals surface area contributed by atoms with Gasteiger partial charge in [0.25, 0.3) is 5.91 Å². The molecule has 0 aliphatic carbocycles. The van der Waals surface area contributed by atoms with Crippen molar-refractivity contribution in [2.45, 2.75) is 33.7 Å². The zero-order chi connectivity index (χ0) is 17.4. The van der Waals surface area contributed by atoms with Crippen LogP contribution in [0.3, 0.4) is 0 Å². The number of nitrogens with one attached hydrogen (secondary N) is 1. The van der Waals surface area contributed by atoms with Gasteiger partial charge in [-0.3, -0.25) is 9.59 Å². The molecule has 23 heavy (non-hydrogen) atoms. The fraction of sp³-hybridized carbons (Fsp3) is 0.529. The Hall–Kier alpha value is -2.24. The van der Waals surface area contributed by atoms with Gasteiger partial charge in [-0.15, -0.1) is 0 Å². The molecule has 0 aliphatic rings. The maximum absolute atomic E-state index is 11.8. The Balaban J connectivity index is 2.46. The third kappa shape index (κ3) is 7.04. The van der Waals surface area contributed by atoms with E-state index in [9.17, 15) is 9.59 Å². The Morgan fingerprint density at radius 2 is 1.74 bits per heavy atom. The zero-order valence-corrected chi connectivity index (χ0v) is 14.0. The van der Waals surface area contributed by atoms with E-state index >= 15 is 0 Å². The average molecular weight is 323 g/mol. The molecule has 0 aliphatic heterocycles. The molecule has 0 fully saturated rings. The molecule has 0 saturated carbocycles. The number of carboxylic acids is 1. The first-order valence-corrected chi connectivity index (χ1v) is 7.67. The summed E-state index contributed by atoms with van der Waals surface area (Å²) in [6.07, 6.45) is 0. The fourth-order valence-corrected chi connectivity index (χ4v) is 1.70. The van der Waals surface area contributed by atoms with Crippen LogP contribution in [0.4, 0.5) is 0 Å². The Kier molecular flexibility index (Phi) is 7.38. The highest BCUT2D eigenvalue weighted by Crippen LogP contribution is 2.19. The molecule has 0 spiro atoms. The van der Waals surface area contributed by atoms with E-state index in [4.69, 9.17) is 14.6 Å². The minimum atomic E-state index is -0.950. The second-order valence-electron chi connectivity index (χ2n) is 5.95. The van der Waals surface area contributed by atoms with Gasteiger partial charge in [-0.25, -0.2) is 0 Å². The summed E-state index contributed by atoms with van der Waals surface area (Å²) < 4.78 is 11.0. The van der Waals surface area contributed by atoms with Crippen LogP contribution in [0, 0.1) is 11.8 Å². The molecule has 1 rings (SSSR count). The van der Waals surface area contributed by atoms with E-state index in [0.29, 0.717) is 24.0 Å². The lowest BCUT2D eigenvalue weighted by atomic mass is 10.0. The summed E-state index contributed by atoms with van der Waals surface area (Å²) in [6, 6.07) is 6.60. The van der Waals surface area contributed by atoms with Gasteiger partial charge in [0.2, 0.25) is 0 Å². The van der Waals surface area contributed by atoms with Gasteiger partial charge < -0.3 is 19.9 Å². The van der Waals surface area contributed by atoms with Gasteiger partial charge in [-0.2, -0.15) is 0 Å². The number of ether oxygens (including phenoxy) is 2. The number of carbonyl (C=O) groups excluding carboxylic acids is 1. The van der Waals surface area contributed by atoms with Gasteiger partial charge in [-0.1, -0.05) is 19.9 Å². The van der Waals surface area contributed by atoms with Crippen LogP contribution in [0.2, 0.25) is 0 Å². The average Bonchev–Trinajstić information content (AvgIpc) is 2.50. The van der Waals surface area contributed by atoms with E-state index in [1.165, 1.54) is 0 Å². The summed E-state index contributed by atoms with van der Waals surface area (Å²) in [7, 11) is 0. The van der Waals surface area contributed by atoms with Gasteiger partial charge in [0.1, 0.15) is 11.5 Å². The second-order valence-corrected chi connectivity index (χ2v) is 5.95. The molecule has 0 saturated heterocycles. The molecule has 0 heterocycles. The lowest BCUT2D eigenvalue weighted by molar-refractivity contribution is -0.142. The van der Waals surface area contributed by atoms with Crippen molar-refractivity contribution < 1.29 is 24.2 Å². The molecule has 2 N–H and O–H groups in total. The lowest BCUT2D eigenvalue weighted by Gasteiger charge is -2.18. The molecule has 1 aromatic carbocycles. The monoisotopic (exact) mass is 323 g/mol. The van der Waals surface area contributed by atoms with E-state index in [1.54, 1.807) is 32.0 Å². The van der Waals surface area contributed by atoms with Crippen LogP contribution in [0.25, 0.3) is 0 Å². The van der Waals surface area contributed by atoms with Crippen LogP contribution >= 0.6 is 0 Å². The molecule has 0 aromatic heterocycles. The molecule has 6 heteroatoms. The molecule has 1 aromatic rings. The highest BCUT2D eigenvalue weighted by Gasteiger charge is 2.21. The van der Waals surface area contributed by atoms with Crippen molar-refractivity contribution in [3.63, 3.8) is 0 Å².